The summed E-state index contributed by atoms with van der Waals surface area (Å²) in [7, 11) is 0. The lowest BCUT2D eigenvalue weighted by Crippen LogP contribution is -2.37. The average Bonchev–Trinajstić information content (AvgIpc) is 2.68. The second-order valence-electron chi connectivity index (χ2n) is 6.71. The lowest BCUT2D eigenvalue weighted by Gasteiger charge is -2.19. The molecule has 3 amide bonds. The maximum absolute atomic E-state index is 12.5. The molecule has 3 aromatic rings. The number of amides is 3. The highest BCUT2D eigenvalue weighted by atomic mass is 16.2. The second-order valence-corrected chi connectivity index (χ2v) is 6.71. The van der Waals surface area contributed by atoms with Crippen molar-refractivity contribution in [1.82, 2.24) is 15.6 Å². The normalized spacial score (nSPS) is 11.8. The highest BCUT2D eigenvalue weighted by molar-refractivity contribution is 5.82. The Morgan fingerprint density at radius 1 is 1.07 bits per heavy atom. The Hall–Kier alpha value is -3.41. The molecule has 0 radical (unpaired) electrons. The van der Waals surface area contributed by atoms with E-state index in [1.165, 1.54) is 0 Å². The van der Waals surface area contributed by atoms with Crippen LogP contribution in [0.3, 0.4) is 0 Å². The fraction of sp³-hybridized carbons (Fsp3) is 0.227. The van der Waals surface area contributed by atoms with E-state index in [0.717, 1.165) is 27.6 Å². The summed E-state index contributed by atoms with van der Waals surface area (Å²) < 4.78 is 0. The first-order valence-electron chi connectivity index (χ1n) is 9.25. The van der Waals surface area contributed by atoms with Crippen LogP contribution in [0.25, 0.3) is 10.9 Å². The zero-order valence-corrected chi connectivity index (χ0v) is 15.8. The van der Waals surface area contributed by atoms with Gasteiger partial charge in [0, 0.05) is 18.1 Å². The third-order valence-corrected chi connectivity index (χ3v) is 4.70. The van der Waals surface area contributed by atoms with Crippen molar-refractivity contribution in [1.29, 1.82) is 0 Å². The lowest BCUT2D eigenvalue weighted by molar-refractivity contribution is -0.121. The van der Waals surface area contributed by atoms with E-state index in [1.807, 2.05) is 61.5 Å². The van der Waals surface area contributed by atoms with Crippen molar-refractivity contribution in [2.75, 3.05) is 6.54 Å². The van der Waals surface area contributed by atoms with Crippen molar-refractivity contribution in [3.8, 4) is 0 Å². The van der Waals surface area contributed by atoms with Crippen LogP contribution in [0.1, 0.15) is 29.2 Å². The number of benzene rings is 2. The molecule has 28 heavy (non-hydrogen) atoms. The van der Waals surface area contributed by atoms with Crippen LogP contribution in [0.15, 0.2) is 60.8 Å². The van der Waals surface area contributed by atoms with Gasteiger partial charge in [-0.25, -0.2) is 4.79 Å². The molecule has 6 heteroatoms. The number of aryl methyl sites for hydroxylation is 1. The molecule has 1 heterocycles. The van der Waals surface area contributed by atoms with E-state index < -0.39 is 12.1 Å². The Bertz CT molecular complexity index is 982. The molecule has 0 fully saturated rings. The SMILES string of the molecule is Cc1ccccc1C(CC(=O)NCCc1cccc2cccnc12)NC(N)=O. The van der Waals surface area contributed by atoms with Gasteiger partial charge < -0.3 is 16.4 Å². The lowest BCUT2D eigenvalue weighted by atomic mass is 9.98. The summed E-state index contributed by atoms with van der Waals surface area (Å²) in [5.41, 5.74) is 9.22. The molecule has 0 aliphatic heterocycles. The van der Waals surface area contributed by atoms with Crippen LogP contribution in [-0.2, 0) is 11.2 Å². The molecule has 1 atom stereocenters. The summed E-state index contributed by atoms with van der Waals surface area (Å²) in [6, 6.07) is 16.5. The average molecular weight is 376 g/mol. The van der Waals surface area contributed by atoms with Crippen molar-refractivity contribution in [2.24, 2.45) is 5.73 Å². The number of pyridine rings is 1. The van der Waals surface area contributed by atoms with E-state index >= 15 is 0 Å². The van der Waals surface area contributed by atoms with E-state index in [4.69, 9.17) is 5.73 Å². The van der Waals surface area contributed by atoms with Crippen LogP contribution >= 0.6 is 0 Å². The van der Waals surface area contributed by atoms with Gasteiger partial charge in [0.2, 0.25) is 5.91 Å². The number of primary amides is 1. The molecule has 1 aromatic heterocycles. The molecule has 2 aromatic carbocycles. The van der Waals surface area contributed by atoms with Crippen molar-refractivity contribution in [3.05, 3.63) is 77.5 Å². The summed E-state index contributed by atoms with van der Waals surface area (Å²) >= 11 is 0. The number of carbonyl (C=O) groups is 2. The Balaban J connectivity index is 1.62. The quantitative estimate of drug-likeness (QED) is 0.591. The van der Waals surface area contributed by atoms with Gasteiger partial charge in [-0.1, -0.05) is 48.5 Å². The van der Waals surface area contributed by atoms with Gasteiger partial charge in [0.15, 0.2) is 0 Å². The van der Waals surface area contributed by atoms with Crippen LogP contribution < -0.4 is 16.4 Å². The van der Waals surface area contributed by atoms with Crippen LogP contribution in [0.4, 0.5) is 4.79 Å². The molecule has 4 N–H and O–H groups in total. The molecule has 0 aliphatic carbocycles. The van der Waals surface area contributed by atoms with Crippen LogP contribution in [0.5, 0.6) is 0 Å². The predicted octanol–water partition coefficient (Wildman–Crippen LogP) is 3.00. The van der Waals surface area contributed by atoms with Crippen molar-refractivity contribution in [2.45, 2.75) is 25.8 Å². The highest BCUT2D eigenvalue weighted by Gasteiger charge is 2.18. The molecule has 0 bridgehead atoms. The van der Waals surface area contributed by atoms with Crippen LogP contribution in [0, 0.1) is 6.92 Å². The smallest absolute Gasteiger partial charge is 0.312 e. The number of fused-ring (bicyclic) bond motifs is 1. The largest absolute Gasteiger partial charge is 0.356 e. The summed E-state index contributed by atoms with van der Waals surface area (Å²) in [5.74, 6) is -0.143. The molecule has 0 aliphatic rings. The zero-order valence-electron chi connectivity index (χ0n) is 15.8. The number of aromatic nitrogens is 1. The molecular formula is C22H24N4O2. The van der Waals surface area contributed by atoms with Gasteiger partial charge in [0.1, 0.15) is 0 Å². The van der Waals surface area contributed by atoms with Crippen molar-refractivity contribution >= 4 is 22.8 Å². The minimum Gasteiger partial charge on any atom is -0.356 e. The molecule has 0 saturated heterocycles. The van der Waals surface area contributed by atoms with E-state index in [0.29, 0.717) is 13.0 Å². The van der Waals surface area contributed by atoms with E-state index in [9.17, 15) is 9.59 Å². The molecule has 0 spiro atoms. The number of hydrogen-bond donors (Lipinski definition) is 3. The number of nitrogens with zero attached hydrogens (tertiary/aromatic N) is 1. The molecule has 144 valence electrons. The number of para-hydroxylation sites is 1. The second kappa shape index (κ2) is 8.99. The number of nitrogens with one attached hydrogen (secondary N) is 2. The van der Waals surface area contributed by atoms with Crippen LogP contribution in [-0.4, -0.2) is 23.5 Å². The van der Waals surface area contributed by atoms with Gasteiger partial charge in [0.25, 0.3) is 0 Å². The van der Waals surface area contributed by atoms with Crippen molar-refractivity contribution < 1.29 is 9.59 Å². The Morgan fingerprint density at radius 3 is 2.64 bits per heavy atom. The minimum atomic E-state index is -0.650. The number of rotatable bonds is 7. The predicted molar refractivity (Wildman–Crippen MR) is 110 cm³/mol. The van der Waals surface area contributed by atoms with Gasteiger partial charge in [0.05, 0.1) is 18.0 Å². The summed E-state index contributed by atoms with van der Waals surface area (Å²) in [5, 5.41) is 6.68. The van der Waals surface area contributed by atoms with Gasteiger partial charge in [-0.2, -0.15) is 0 Å². The summed E-state index contributed by atoms with van der Waals surface area (Å²) in [6.45, 7) is 2.43. The fourth-order valence-corrected chi connectivity index (χ4v) is 3.35. The molecule has 0 saturated carbocycles. The van der Waals surface area contributed by atoms with E-state index in [1.54, 1.807) is 6.20 Å². The van der Waals surface area contributed by atoms with Gasteiger partial charge in [-0.15, -0.1) is 0 Å². The van der Waals surface area contributed by atoms with Gasteiger partial charge >= 0.3 is 6.03 Å². The number of nitrogens with two attached hydrogens (primary N) is 1. The summed E-state index contributed by atoms with van der Waals surface area (Å²) in [6.07, 6.45) is 2.58. The van der Waals surface area contributed by atoms with Gasteiger partial charge in [-0.05, 0) is 36.1 Å². The number of urea groups is 1. The first-order valence-corrected chi connectivity index (χ1v) is 9.25. The Kier molecular flexibility index (Phi) is 6.22. The fourth-order valence-electron chi connectivity index (χ4n) is 3.35. The third kappa shape index (κ3) is 4.85. The molecule has 1 unspecified atom stereocenters. The minimum absolute atomic E-state index is 0.127. The zero-order chi connectivity index (χ0) is 19.9. The van der Waals surface area contributed by atoms with Gasteiger partial charge in [-0.3, -0.25) is 9.78 Å². The maximum Gasteiger partial charge on any atom is 0.312 e. The van der Waals surface area contributed by atoms with E-state index in [-0.39, 0.29) is 12.3 Å². The van der Waals surface area contributed by atoms with Crippen molar-refractivity contribution in [3.63, 3.8) is 0 Å². The third-order valence-electron chi connectivity index (χ3n) is 4.70. The maximum atomic E-state index is 12.5. The number of hydrogen-bond acceptors (Lipinski definition) is 3. The first kappa shape index (κ1) is 19.4. The molecule has 6 nitrogen and oxygen atoms in total. The highest BCUT2D eigenvalue weighted by Crippen LogP contribution is 2.20. The van der Waals surface area contributed by atoms with Crippen LogP contribution in [0.2, 0.25) is 0 Å². The van der Waals surface area contributed by atoms with E-state index in [2.05, 4.69) is 15.6 Å². The first-order chi connectivity index (χ1) is 13.5. The standard InChI is InChI=1S/C22H24N4O2/c1-15-6-2-3-10-18(15)19(26-22(23)28)14-20(27)24-13-11-17-8-4-7-16-9-5-12-25-21(16)17/h2-10,12,19H,11,13-14H2,1H3,(H,24,27)(H3,23,26,28). The monoisotopic (exact) mass is 376 g/mol. The summed E-state index contributed by atoms with van der Waals surface area (Å²) in [4.78, 5) is 28.3. The molecular weight excluding hydrogens is 352 g/mol. The Labute approximate surface area is 164 Å². The number of carbonyl (C=O) groups excluding carboxylic acids is 2. The molecule has 3 rings (SSSR count). The Morgan fingerprint density at radius 2 is 1.86 bits per heavy atom. The topological polar surface area (TPSA) is 97.1 Å².